The Balaban J connectivity index is 1.60. The molecule has 2 fully saturated rings. The Kier molecular flexibility index (Phi) is 8.21. The number of allylic oxidation sites excluding steroid dienone is 1. The molecule has 0 aromatic heterocycles. The summed E-state index contributed by atoms with van der Waals surface area (Å²) in [4.78, 5) is 47.6. The maximum Gasteiger partial charge on any atom is 0.416 e. The molecule has 1 unspecified atom stereocenters. The molecule has 226 valence electrons. The fourth-order valence-electron chi connectivity index (χ4n) is 5.83. The van der Waals surface area contributed by atoms with Crippen molar-refractivity contribution in [1.82, 2.24) is 14.7 Å². The summed E-state index contributed by atoms with van der Waals surface area (Å²) in [6.07, 6.45) is -2.33. The Labute approximate surface area is 247 Å². The average molecular weight is 596 g/mol. The molecular weight excluding hydrogens is 563 g/mol. The van der Waals surface area contributed by atoms with E-state index in [1.165, 1.54) is 43.1 Å². The van der Waals surface area contributed by atoms with Crippen molar-refractivity contribution in [2.24, 2.45) is 0 Å². The molecule has 1 saturated heterocycles. The van der Waals surface area contributed by atoms with E-state index in [4.69, 9.17) is 4.74 Å². The Morgan fingerprint density at radius 3 is 2.37 bits per heavy atom. The summed E-state index contributed by atoms with van der Waals surface area (Å²) in [5.41, 5.74) is -0.229. The molecule has 43 heavy (non-hydrogen) atoms. The van der Waals surface area contributed by atoms with Crippen LogP contribution in [-0.2, 0) is 15.7 Å². The maximum absolute atomic E-state index is 14.0. The number of benzene rings is 2. The summed E-state index contributed by atoms with van der Waals surface area (Å²) < 4.78 is 46.0. The van der Waals surface area contributed by atoms with E-state index in [0.29, 0.717) is 24.7 Å². The monoisotopic (exact) mass is 595 g/mol. The van der Waals surface area contributed by atoms with Crippen LogP contribution in [0.3, 0.4) is 0 Å². The minimum atomic E-state index is -4.65. The number of amides is 3. The topological polar surface area (TPSA) is 97.2 Å². The summed E-state index contributed by atoms with van der Waals surface area (Å²) >= 11 is 0. The fraction of sp³-hybridized carbons (Fsp3) is 0.419. The van der Waals surface area contributed by atoms with Gasteiger partial charge in [-0.25, -0.2) is 9.59 Å². The van der Waals surface area contributed by atoms with Crippen LogP contribution in [0.15, 0.2) is 53.7 Å². The van der Waals surface area contributed by atoms with E-state index in [1.807, 2.05) is 0 Å². The molecule has 0 N–H and O–H groups in total. The van der Waals surface area contributed by atoms with Crippen LogP contribution < -0.4 is 4.90 Å². The Morgan fingerprint density at radius 2 is 1.77 bits per heavy atom. The normalized spacial score (nSPS) is 19.9. The molecule has 1 saturated carbocycles. The van der Waals surface area contributed by atoms with Crippen LogP contribution in [0.2, 0.25) is 0 Å². The van der Waals surface area contributed by atoms with E-state index < -0.39 is 29.8 Å². The lowest BCUT2D eigenvalue weighted by atomic mass is 9.88. The van der Waals surface area contributed by atoms with E-state index in [2.05, 4.69) is 11.0 Å². The molecule has 9 nitrogen and oxygen atoms in total. The SMILES string of the molecule is CCOC(=O)C1=C(C)N(c2cccc(C(F)(F)F)c2)C(=O)N(C)C1c1ccc(C#N)cc1C(=O)N1CCN(C2CC2)CC1. The number of ether oxygens (including phenoxy) is 1. The molecule has 2 aromatic carbocycles. The van der Waals surface area contributed by atoms with E-state index in [9.17, 15) is 32.8 Å². The molecular formula is C31H32F3N5O4. The fourth-order valence-corrected chi connectivity index (χ4v) is 5.83. The number of nitrogens with zero attached hydrogens (tertiary/aromatic N) is 5. The first-order chi connectivity index (χ1) is 20.5. The summed E-state index contributed by atoms with van der Waals surface area (Å²) in [6, 6.07) is 9.61. The van der Waals surface area contributed by atoms with Crippen LogP contribution in [0.4, 0.5) is 23.7 Å². The van der Waals surface area contributed by atoms with Gasteiger partial charge in [0.2, 0.25) is 0 Å². The number of piperazine rings is 1. The zero-order valence-corrected chi connectivity index (χ0v) is 24.1. The van der Waals surface area contributed by atoms with Gasteiger partial charge in [-0.3, -0.25) is 14.6 Å². The third-order valence-corrected chi connectivity index (χ3v) is 8.18. The van der Waals surface area contributed by atoms with Gasteiger partial charge >= 0.3 is 18.2 Å². The number of esters is 1. The second kappa shape index (κ2) is 11.7. The second-order valence-electron chi connectivity index (χ2n) is 10.9. The highest BCUT2D eigenvalue weighted by molar-refractivity contribution is 6.04. The number of hydrogen-bond donors (Lipinski definition) is 0. The Bertz CT molecular complexity index is 1520. The second-order valence-corrected chi connectivity index (χ2v) is 10.9. The largest absolute Gasteiger partial charge is 0.463 e. The van der Waals surface area contributed by atoms with Gasteiger partial charge < -0.3 is 14.5 Å². The smallest absolute Gasteiger partial charge is 0.416 e. The van der Waals surface area contributed by atoms with Crippen LogP contribution >= 0.6 is 0 Å². The minimum Gasteiger partial charge on any atom is -0.463 e. The van der Waals surface area contributed by atoms with Crippen LogP contribution in [0.1, 0.15) is 59.8 Å². The molecule has 1 atom stereocenters. The van der Waals surface area contributed by atoms with Crippen molar-refractivity contribution in [2.75, 3.05) is 44.7 Å². The molecule has 3 amide bonds. The van der Waals surface area contributed by atoms with E-state index >= 15 is 0 Å². The van der Waals surface area contributed by atoms with Gasteiger partial charge in [-0.05, 0) is 62.6 Å². The lowest BCUT2D eigenvalue weighted by molar-refractivity contribution is -0.139. The highest BCUT2D eigenvalue weighted by atomic mass is 19.4. The number of carbonyl (C=O) groups excluding carboxylic acids is 3. The number of halogens is 3. The number of rotatable bonds is 6. The highest BCUT2D eigenvalue weighted by Crippen LogP contribution is 2.42. The predicted molar refractivity (Wildman–Crippen MR) is 151 cm³/mol. The van der Waals surface area contributed by atoms with Crippen molar-refractivity contribution in [3.05, 3.63) is 76.0 Å². The quantitative estimate of drug-likeness (QED) is 0.439. The van der Waals surface area contributed by atoms with Crippen molar-refractivity contribution in [1.29, 1.82) is 5.26 Å². The van der Waals surface area contributed by atoms with E-state index in [1.54, 1.807) is 17.9 Å². The highest BCUT2D eigenvalue weighted by Gasteiger charge is 2.44. The van der Waals surface area contributed by atoms with Gasteiger partial charge in [0.1, 0.15) is 0 Å². The first-order valence-electron chi connectivity index (χ1n) is 14.2. The Hall–Kier alpha value is -4.37. The van der Waals surface area contributed by atoms with Crippen molar-refractivity contribution in [3.8, 4) is 6.07 Å². The zero-order chi connectivity index (χ0) is 31.1. The molecule has 1 aliphatic carbocycles. The van der Waals surface area contributed by atoms with Gasteiger partial charge in [0.05, 0.1) is 41.1 Å². The van der Waals surface area contributed by atoms with Crippen LogP contribution in [0.5, 0.6) is 0 Å². The average Bonchev–Trinajstić information content (AvgIpc) is 3.84. The van der Waals surface area contributed by atoms with Gasteiger partial charge in [-0.1, -0.05) is 12.1 Å². The first kappa shape index (κ1) is 30.1. The van der Waals surface area contributed by atoms with Crippen molar-refractivity contribution >= 4 is 23.6 Å². The Morgan fingerprint density at radius 1 is 1.07 bits per heavy atom. The summed E-state index contributed by atoms with van der Waals surface area (Å²) in [7, 11) is 1.42. The van der Waals surface area contributed by atoms with Crippen LogP contribution in [0.25, 0.3) is 0 Å². The van der Waals surface area contributed by atoms with Crippen molar-refractivity contribution in [2.45, 2.75) is 44.9 Å². The third-order valence-electron chi connectivity index (χ3n) is 8.18. The van der Waals surface area contributed by atoms with Gasteiger partial charge in [0.15, 0.2) is 0 Å². The standard InChI is InChI=1S/C31H32F3N5O4/c1-4-43-29(41)26-19(2)39(23-7-5-6-21(17-23)31(32,33)34)30(42)36(3)27(26)24-11-8-20(18-35)16-25(24)28(40)38-14-12-37(13-15-38)22-9-10-22/h5-8,11,16-17,22,27H,4,9-10,12-15H2,1-3H3. The molecule has 5 rings (SSSR count). The maximum atomic E-state index is 14.0. The molecule has 2 aromatic rings. The number of nitriles is 1. The number of anilines is 1. The third kappa shape index (κ3) is 5.82. The van der Waals surface area contributed by atoms with Gasteiger partial charge in [0.25, 0.3) is 5.91 Å². The molecule has 0 radical (unpaired) electrons. The van der Waals surface area contributed by atoms with E-state index in [-0.39, 0.29) is 40.6 Å². The lowest BCUT2D eigenvalue weighted by Gasteiger charge is -2.42. The molecule has 0 spiro atoms. The van der Waals surface area contributed by atoms with Crippen molar-refractivity contribution < 1.29 is 32.3 Å². The lowest BCUT2D eigenvalue weighted by Crippen LogP contribution is -2.51. The zero-order valence-electron chi connectivity index (χ0n) is 24.1. The van der Waals surface area contributed by atoms with E-state index in [0.717, 1.165) is 43.0 Å². The summed E-state index contributed by atoms with van der Waals surface area (Å²) in [5.74, 6) is -1.10. The molecule has 3 aliphatic rings. The predicted octanol–water partition coefficient (Wildman–Crippen LogP) is 4.95. The van der Waals surface area contributed by atoms with Crippen LogP contribution in [-0.4, -0.2) is 78.5 Å². The molecule has 12 heteroatoms. The number of hydrogen-bond acceptors (Lipinski definition) is 6. The van der Waals surface area contributed by atoms with Gasteiger partial charge in [-0.15, -0.1) is 0 Å². The summed E-state index contributed by atoms with van der Waals surface area (Å²) in [5, 5.41) is 9.63. The van der Waals surface area contributed by atoms with Gasteiger partial charge in [0, 0.05) is 50.5 Å². The van der Waals surface area contributed by atoms with Gasteiger partial charge in [-0.2, -0.15) is 18.4 Å². The van der Waals surface area contributed by atoms with Crippen molar-refractivity contribution in [3.63, 3.8) is 0 Å². The first-order valence-corrected chi connectivity index (χ1v) is 14.2. The molecule has 2 aliphatic heterocycles. The van der Waals surface area contributed by atoms with Crippen LogP contribution in [0, 0.1) is 11.3 Å². The number of likely N-dealkylation sites (N-methyl/N-ethyl adjacent to an activating group) is 1. The minimum absolute atomic E-state index is 0.00123. The molecule has 2 heterocycles. The number of alkyl halides is 3. The number of carbonyl (C=O) groups is 3. The molecule has 0 bridgehead atoms. The number of urea groups is 1. The summed E-state index contributed by atoms with van der Waals surface area (Å²) in [6.45, 7) is 5.53.